The van der Waals surface area contributed by atoms with E-state index in [9.17, 15) is 19.8 Å². The summed E-state index contributed by atoms with van der Waals surface area (Å²) in [5, 5.41) is 21.9. The average molecular weight is 310 g/mol. The van der Waals surface area contributed by atoms with E-state index in [2.05, 4.69) is 5.32 Å². The molecule has 0 heterocycles. The molecule has 1 aromatic carbocycles. The maximum Gasteiger partial charge on any atom is 0.308 e. The zero-order valence-corrected chi connectivity index (χ0v) is 12.0. The molecule has 4 atom stereocenters. The summed E-state index contributed by atoms with van der Waals surface area (Å²) in [4.78, 5) is 23.7. The van der Waals surface area contributed by atoms with Crippen molar-refractivity contribution in [2.24, 2.45) is 17.8 Å². The maximum absolute atomic E-state index is 12.3. The Morgan fingerprint density at radius 2 is 1.95 bits per heavy atom. The molecular weight excluding hydrogens is 294 g/mol. The van der Waals surface area contributed by atoms with Gasteiger partial charge in [-0.3, -0.25) is 9.59 Å². The lowest BCUT2D eigenvalue weighted by Gasteiger charge is -2.29. The van der Waals surface area contributed by atoms with Crippen LogP contribution in [0.25, 0.3) is 0 Å². The van der Waals surface area contributed by atoms with Crippen LogP contribution in [-0.4, -0.2) is 28.1 Å². The van der Waals surface area contributed by atoms with Crippen molar-refractivity contribution in [2.45, 2.75) is 25.3 Å². The number of carbonyl (C=O) groups is 2. The highest BCUT2D eigenvalue weighted by Gasteiger charge is 2.51. The smallest absolute Gasteiger partial charge is 0.308 e. The fraction of sp³-hybridized carbons (Fsp3) is 0.467. The number of carbonyl (C=O) groups excluding carboxylic acids is 1. The first-order valence-electron chi connectivity index (χ1n) is 6.99. The summed E-state index contributed by atoms with van der Waals surface area (Å²) in [5.74, 6) is -1.49. The summed E-state index contributed by atoms with van der Waals surface area (Å²) >= 11 is 5.97. The molecule has 1 aromatic rings. The first-order chi connectivity index (χ1) is 9.97. The fourth-order valence-electron chi connectivity index (χ4n) is 3.77. The number of carboxylic acid groups (broad SMARTS) is 1. The Kier molecular flexibility index (Phi) is 3.53. The SMILES string of the molecule is O=C(NC1C2CCC(C2)C1C(=O)O)c1cc(O)ccc1Cl. The van der Waals surface area contributed by atoms with Crippen molar-refractivity contribution >= 4 is 23.5 Å². The van der Waals surface area contributed by atoms with Crippen molar-refractivity contribution < 1.29 is 19.8 Å². The number of rotatable bonds is 3. The Balaban J connectivity index is 1.81. The number of aliphatic carboxylic acids is 1. The van der Waals surface area contributed by atoms with Gasteiger partial charge < -0.3 is 15.5 Å². The molecule has 2 aliphatic rings. The first-order valence-corrected chi connectivity index (χ1v) is 7.37. The zero-order valence-electron chi connectivity index (χ0n) is 11.3. The molecule has 0 aromatic heterocycles. The van der Waals surface area contributed by atoms with Crippen LogP contribution in [0.2, 0.25) is 5.02 Å². The highest BCUT2D eigenvalue weighted by Crippen LogP contribution is 2.48. The minimum atomic E-state index is -0.852. The number of benzene rings is 1. The molecule has 6 heteroatoms. The molecule has 2 fully saturated rings. The highest BCUT2D eigenvalue weighted by atomic mass is 35.5. The highest BCUT2D eigenvalue weighted by molar-refractivity contribution is 6.33. The molecule has 3 rings (SSSR count). The monoisotopic (exact) mass is 309 g/mol. The number of phenolic OH excluding ortho intramolecular Hbond substituents is 1. The van der Waals surface area contributed by atoms with Crippen LogP contribution in [0.3, 0.4) is 0 Å². The number of phenols is 1. The van der Waals surface area contributed by atoms with Gasteiger partial charge in [0.1, 0.15) is 5.75 Å². The van der Waals surface area contributed by atoms with Crippen molar-refractivity contribution in [1.82, 2.24) is 5.32 Å². The van der Waals surface area contributed by atoms with Crippen molar-refractivity contribution in [3.05, 3.63) is 28.8 Å². The molecule has 0 spiro atoms. The van der Waals surface area contributed by atoms with Crippen LogP contribution in [0.4, 0.5) is 0 Å². The third kappa shape index (κ3) is 2.46. The molecule has 0 radical (unpaired) electrons. The molecule has 5 nitrogen and oxygen atoms in total. The molecule has 112 valence electrons. The topological polar surface area (TPSA) is 86.6 Å². The normalized spacial score (nSPS) is 30.3. The van der Waals surface area contributed by atoms with Gasteiger partial charge in [0, 0.05) is 6.04 Å². The Bertz CT molecular complexity index is 603. The number of fused-ring (bicyclic) bond motifs is 2. The summed E-state index contributed by atoms with van der Waals surface area (Å²) < 4.78 is 0. The standard InChI is InChI=1S/C15H16ClNO4/c16-11-4-3-9(18)6-10(11)14(19)17-13-8-2-1-7(5-8)12(13)15(20)21/h3-4,6-8,12-13,18H,1-2,5H2,(H,17,19)(H,20,21). The van der Waals surface area contributed by atoms with Gasteiger partial charge >= 0.3 is 5.97 Å². The Morgan fingerprint density at radius 3 is 2.67 bits per heavy atom. The van der Waals surface area contributed by atoms with E-state index in [1.165, 1.54) is 18.2 Å². The van der Waals surface area contributed by atoms with Crippen molar-refractivity contribution in [3.8, 4) is 5.75 Å². The molecule has 0 aliphatic heterocycles. The molecule has 2 saturated carbocycles. The summed E-state index contributed by atoms with van der Waals surface area (Å²) in [6.45, 7) is 0. The molecule has 2 bridgehead atoms. The molecule has 2 aliphatic carbocycles. The predicted molar refractivity (Wildman–Crippen MR) is 76.3 cm³/mol. The number of hydrogen-bond donors (Lipinski definition) is 3. The van der Waals surface area contributed by atoms with E-state index >= 15 is 0 Å². The Hall–Kier alpha value is -1.75. The van der Waals surface area contributed by atoms with E-state index in [0.717, 1.165) is 19.3 Å². The van der Waals surface area contributed by atoms with Gasteiger partial charge in [0.25, 0.3) is 5.91 Å². The molecular formula is C15H16ClNO4. The quantitative estimate of drug-likeness (QED) is 0.799. The van der Waals surface area contributed by atoms with E-state index in [1.807, 2.05) is 0 Å². The number of carboxylic acids is 1. The van der Waals surface area contributed by atoms with E-state index in [4.69, 9.17) is 11.6 Å². The average Bonchev–Trinajstić information content (AvgIpc) is 3.02. The minimum Gasteiger partial charge on any atom is -0.508 e. The van der Waals surface area contributed by atoms with Crippen molar-refractivity contribution in [3.63, 3.8) is 0 Å². The molecule has 4 unspecified atom stereocenters. The Labute approximate surface area is 126 Å². The number of aromatic hydroxyl groups is 1. The molecule has 21 heavy (non-hydrogen) atoms. The zero-order chi connectivity index (χ0) is 15.1. The summed E-state index contributed by atoms with van der Waals surface area (Å²) in [5.41, 5.74) is 0.170. The van der Waals surface area contributed by atoms with Gasteiger partial charge in [0.05, 0.1) is 16.5 Å². The van der Waals surface area contributed by atoms with E-state index in [-0.39, 0.29) is 34.2 Å². The van der Waals surface area contributed by atoms with Crippen molar-refractivity contribution in [2.75, 3.05) is 0 Å². The predicted octanol–water partition coefficient (Wildman–Crippen LogP) is 2.27. The maximum atomic E-state index is 12.3. The van der Waals surface area contributed by atoms with Crippen molar-refractivity contribution in [1.29, 1.82) is 0 Å². The van der Waals surface area contributed by atoms with E-state index < -0.39 is 17.8 Å². The van der Waals surface area contributed by atoms with Gasteiger partial charge in [-0.2, -0.15) is 0 Å². The molecule has 1 amide bonds. The van der Waals surface area contributed by atoms with Crippen LogP contribution in [0.1, 0.15) is 29.6 Å². The van der Waals surface area contributed by atoms with Gasteiger partial charge in [-0.15, -0.1) is 0 Å². The van der Waals surface area contributed by atoms with Crippen LogP contribution in [0.15, 0.2) is 18.2 Å². The number of hydrogen-bond acceptors (Lipinski definition) is 3. The van der Waals surface area contributed by atoms with E-state index in [0.29, 0.717) is 0 Å². The lowest BCUT2D eigenvalue weighted by molar-refractivity contribution is -0.144. The van der Waals surface area contributed by atoms with Gasteiger partial charge in [0.2, 0.25) is 0 Å². The number of halogens is 1. The van der Waals surface area contributed by atoms with Gasteiger partial charge in [-0.1, -0.05) is 11.6 Å². The Morgan fingerprint density at radius 1 is 1.24 bits per heavy atom. The van der Waals surface area contributed by atoms with E-state index in [1.54, 1.807) is 0 Å². The van der Waals surface area contributed by atoms with Gasteiger partial charge in [0.15, 0.2) is 0 Å². The largest absolute Gasteiger partial charge is 0.508 e. The summed E-state index contributed by atoms with van der Waals surface area (Å²) in [6, 6.07) is 3.78. The molecule has 3 N–H and O–H groups in total. The lowest BCUT2D eigenvalue weighted by Crippen LogP contribution is -2.46. The minimum absolute atomic E-state index is 0.0488. The third-order valence-corrected chi connectivity index (χ3v) is 5.02. The van der Waals surface area contributed by atoms with Crippen LogP contribution in [-0.2, 0) is 4.79 Å². The van der Waals surface area contributed by atoms with Gasteiger partial charge in [-0.25, -0.2) is 0 Å². The summed E-state index contributed by atoms with van der Waals surface area (Å²) in [6.07, 6.45) is 2.73. The van der Waals surface area contributed by atoms with Crippen LogP contribution < -0.4 is 5.32 Å². The van der Waals surface area contributed by atoms with Crippen LogP contribution in [0.5, 0.6) is 5.75 Å². The number of amides is 1. The second kappa shape index (κ2) is 5.22. The number of nitrogens with one attached hydrogen (secondary N) is 1. The first kappa shape index (κ1) is 14.2. The second-order valence-electron chi connectivity index (χ2n) is 5.86. The second-order valence-corrected chi connectivity index (χ2v) is 6.27. The van der Waals surface area contributed by atoms with Gasteiger partial charge in [-0.05, 0) is 49.3 Å². The van der Waals surface area contributed by atoms with Crippen LogP contribution in [0, 0.1) is 17.8 Å². The fourth-order valence-corrected chi connectivity index (χ4v) is 3.97. The summed E-state index contributed by atoms with van der Waals surface area (Å²) in [7, 11) is 0. The lowest BCUT2D eigenvalue weighted by atomic mass is 9.84. The third-order valence-electron chi connectivity index (χ3n) is 4.69. The molecule has 0 saturated heterocycles. The van der Waals surface area contributed by atoms with Crippen LogP contribution >= 0.6 is 11.6 Å².